The van der Waals surface area contributed by atoms with Crippen LogP contribution in [0.2, 0.25) is 5.02 Å². The van der Waals surface area contributed by atoms with Crippen molar-refractivity contribution in [2.45, 2.75) is 46.1 Å². The Balaban J connectivity index is 1.24. The number of fused-ring (bicyclic) bond motifs is 1. The van der Waals surface area contributed by atoms with Crippen molar-refractivity contribution < 1.29 is 19.1 Å². The van der Waals surface area contributed by atoms with Gasteiger partial charge in [0.25, 0.3) is 0 Å². The summed E-state index contributed by atoms with van der Waals surface area (Å²) in [5, 5.41) is 12.5. The van der Waals surface area contributed by atoms with Crippen LogP contribution in [0.25, 0.3) is 22.2 Å². The van der Waals surface area contributed by atoms with Crippen LogP contribution in [0.1, 0.15) is 49.5 Å². The monoisotopic (exact) mass is 587 g/mol. The van der Waals surface area contributed by atoms with Crippen LogP contribution in [0, 0.1) is 12.8 Å². The first-order chi connectivity index (χ1) is 20.0. The number of nitrogens with one attached hydrogen (secondary N) is 1. The number of benzene rings is 3. The second kappa shape index (κ2) is 11.9. The van der Waals surface area contributed by atoms with E-state index in [1.165, 1.54) is 0 Å². The van der Waals surface area contributed by atoms with Crippen molar-refractivity contribution in [1.29, 1.82) is 0 Å². The van der Waals surface area contributed by atoms with E-state index in [0.29, 0.717) is 53.7 Å². The molecule has 0 radical (unpaired) electrons. The lowest BCUT2D eigenvalue weighted by molar-refractivity contribution is 0.0182. The van der Waals surface area contributed by atoms with E-state index in [0.717, 1.165) is 27.9 Å². The van der Waals surface area contributed by atoms with Gasteiger partial charge in [0.1, 0.15) is 16.9 Å². The standard InChI is InChI=1S/C32H34ClN5O4/c1-19-16-22(25-18-24(41-5)10-11-26(25)33)17-27-28(19)35-30(37-36-27)34-23-8-6-20(7-9-23)29(39)21-12-14-38(15-13-21)31(40)42-32(2,3)4/h6-11,16-18,21H,12-15H2,1-5H3,(H,34,35,37). The summed E-state index contributed by atoms with van der Waals surface area (Å²) in [6.45, 7) is 8.52. The minimum absolute atomic E-state index is 0.0802. The van der Waals surface area contributed by atoms with Crippen molar-refractivity contribution in [1.82, 2.24) is 20.1 Å². The molecule has 0 bridgehead atoms. The second-order valence-electron chi connectivity index (χ2n) is 11.5. The number of likely N-dealkylation sites (tertiary alicyclic amines) is 1. The van der Waals surface area contributed by atoms with Gasteiger partial charge in [-0.2, -0.15) is 0 Å². The second-order valence-corrected chi connectivity index (χ2v) is 11.9. The molecule has 9 nitrogen and oxygen atoms in total. The molecule has 5 rings (SSSR count). The van der Waals surface area contributed by atoms with Crippen LogP contribution in [-0.2, 0) is 4.74 Å². The quantitative estimate of drug-likeness (QED) is 0.235. The number of piperidine rings is 1. The first-order valence-electron chi connectivity index (χ1n) is 13.9. The van der Waals surface area contributed by atoms with E-state index in [2.05, 4.69) is 20.5 Å². The number of rotatable bonds is 6. The van der Waals surface area contributed by atoms with Gasteiger partial charge in [-0.1, -0.05) is 11.6 Å². The highest BCUT2D eigenvalue weighted by molar-refractivity contribution is 6.33. The topological polar surface area (TPSA) is 107 Å². The number of Topliss-reactive ketones (excluding diaryl/α,β-unsaturated/α-hetero) is 1. The third kappa shape index (κ3) is 6.62. The van der Waals surface area contributed by atoms with Crippen molar-refractivity contribution in [2.24, 2.45) is 5.92 Å². The first-order valence-corrected chi connectivity index (χ1v) is 14.3. The largest absolute Gasteiger partial charge is 0.497 e. The number of carbonyl (C=O) groups is 2. The highest BCUT2D eigenvalue weighted by atomic mass is 35.5. The maximum Gasteiger partial charge on any atom is 0.410 e. The number of hydrogen-bond acceptors (Lipinski definition) is 8. The average Bonchev–Trinajstić information content (AvgIpc) is 2.97. The molecule has 1 aromatic heterocycles. The normalized spacial score (nSPS) is 14.1. The van der Waals surface area contributed by atoms with Gasteiger partial charge in [-0.25, -0.2) is 9.78 Å². The van der Waals surface area contributed by atoms with Gasteiger partial charge in [-0.05, 0) is 106 Å². The Bertz CT molecular complexity index is 1630. The fourth-order valence-corrected chi connectivity index (χ4v) is 5.23. The molecule has 0 atom stereocenters. The molecule has 0 aliphatic carbocycles. The third-order valence-corrected chi connectivity index (χ3v) is 7.51. The van der Waals surface area contributed by atoms with Gasteiger partial charge in [0, 0.05) is 40.8 Å². The molecular formula is C32H34ClN5O4. The summed E-state index contributed by atoms with van der Waals surface area (Å²) in [6.07, 6.45) is 0.894. The lowest BCUT2D eigenvalue weighted by atomic mass is 9.89. The molecule has 4 aromatic rings. The Hall–Kier alpha value is -4.24. The lowest BCUT2D eigenvalue weighted by Crippen LogP contribution is -2.43. The summed E-state index contributed by atoms with van der Waals surface area (Å²) >= 11 is 6.46. The van der Waals surface area contributed by atoms with Crippen LogP contribution in [0.4, 0.5) is 16.4 Å². The number of methoxy groups -OCH3 is 1. The highest BCUT2D eigenvalue weighted by Crippen LogP contribution is 2.34. The number of ether oxygens (including phenoxy) is 2. The summed E-state index contributed by atoms with van der Waals surface area (Å²) < 4.78 is 10.8. The molecule has 2 heterocycles. The van der Waals surface area contributed by atoms with Gasteiger partial charge < -0.3 is 19.7 Å². The average molecular weight is 588 g/mol. The zero-order valence-electron chi connectivity index (χ0n) is 24.4. The van der Waals surface area contributed by atoms with Gasteiger partial charge in [0.2, 0.25) is 5.95 Å². The molecule has 1 fully saturated rings. The SMILES string of the molecule is COc1ccc(Cl)c(-c2cc(C)c3nc(Nc4ccc(C(=O)C5CCN(C(=O)OC(C)(C)C)CC5)cc4)nnc3c2)c1. The highest BCUT2D eigenvalue weighted by Gasteiger charge is 2.30. The van der Waals surface area contributed by atoms with Gasteiger partial charge in [0.15, 0.2) is 5.78 Å². The van der Waals surface area contributed by atoms with Crippen LogP contribution in [0.5, 0.6) is 5.75 Å². The maximum absolute atomic E-state index is 13.1. The molecule has 0 saturated carbocycles. The number of halogens is 1. The fourth-order valence-electron chi connectivity index (χ4n) is 5.01. The number of nitrogens with zero attached hydrogens (tertiary/aromatic N) is 4. The fraction of sp³-hybridized carbons (Fsp3) is 0.344. The van der Waals surface area contributed by atoms with E-state index in [1.54, 1.807) is 30.2 Å². The Morgan fingerprint density at radius 3 is 2.38 bits per heavy atom. The number of carbonyl (C=O) groups excluding carboxylic acids is 2. The van der Waals surface area contributed by atoms with Gasteiger partial charge in [-0.15, -0.1) is 10.2 Å². The summed E-state index contributed by atoms with van der Waals surface area (Å²) in [5.74, 6) is 1.02. The first kappa shape index (κ1) is 29.3. The van der Waals surface area contributed by atoms with E-state index < -0.39 is 5.60 Å². The number of hydrogen-bond donors (Lipinski definition) is 1. The lowest BCUT2D eigenvalue weighted by Gasteiger charge is -2.33. The van der Waals surface area contributed by atoms with Crippen LogP contribution in [0.15, 0.2) is 54.6 Å². The van der Waals surface area contributed by atoms with E-state index >= 15 is 0 Å². The van der Waals surface area contributed by atoms with Gasteiger partial charge >= 0.3 is 6.09 Å². The number of ketones is 1. The summed E-state index contributed by atoms with van der Waals surface area (Å²) in [7, 11) is 1.62. The molecule has 1 amide bonds. The molecule has 0 spiro atoms. The van der Waals surface area contributed by atoms with Crippen LogP contribution >= 0.6 is 11.6 Å². The molecule has 1 N–H and O–H groups in total. The Morgan fingerprint density at radius 1 is 1.00 bits per heavy atom. The minimum Gasteiger partial charge on any atom is -0.497 e. The van der Waals surface area contributed by atoms with Crippen molar-refractivity contribution in [3.8, 4) is 16.9 Å². The van der Waals surface area contributed by atoms with Crippen molar-refractivity contribution in [2.75, 3.05) is 25.5 Å². The number of aryl methyl sites for hydroxylation is 1. The number of aromatic nitrogens is 3. The van der Waals surface area contributed by atoms with E-state index in [-0.39, 0.29) is 17.8 Å². The third-order valence-electron chi connectivity index (χ3n) is 7.18. The van der Waals surface area contributed by atoms with E-state index in [1.807, 2.05) is 64.1 Å². The minimum atomic E-state index is -0.540. The van der Waals surface area contributed by atoms with E-state index in [4.69, 9.17) is 21.1 Å². The van der Waals surface area contributed by atoms with Crippen LogP contribution in [-0.4, -0.2) is 57.8 Å². The van der Waals surface area contributed by atoms with Crippen LogP contribution < -0.4 is 10.1 Å². The number of anilines is 2. The Kier molecular flexibility index (Phi) is 8.31. The molecule has 42 heavy (non-hydrogen) atoms. The molecular weight excluding hydrogens is 554 g/mol. The number of amides is 1. The predicted molar refractivity (Wildman–Crippen MR) is 164 cm³/mol. The molecule has 0 unspecified atom stereocenters. The molecule has 1 aliphatic rings. The predicted octanol–water partition coefficient (Wildman–Crippen LogP) is 7.24. The van der Waals surface area contributed by atoms with Crippen LogP contribution in [0.3, 0.4) is 0 Å². The zero-order chi connectivity index (χ0) is 30.0. The zero-order valence-corrected chi connectivity index (χ0v) is 25.2. The van der Waals surface area contributed by atoms with Crippen molar-refractivity contribution in [3.05, 3.63) is 70.7 Å². The smallest absolute Gasteiger partial charge is 0.410 e. The van der Waals surface area contributed by atoms with Crippen molar-refractivity contribution in [3.63, 3.8) is 0 Å². The molecule has 10 heteroatoms. The summed E-state index contributed by atoms with van der Waals surface area (Å²) in [4.78, 5) is 31.8. The molecule has 218 valence electrons. The van der Waals surface area contributed by atoms with Gasteiger partial charge in [-0.3, -0.25) is 4.79 Å². The Labute approximate surface area is 250 Å². The van der Waals surface area contributed by atoms with Gasteiger partial charge in [0.05, 0.1) is 12.6 Å². The molecule has 1 saturated heterocycles. The maximum atomic E-state index is 13.1. The molecule has 1 aliphatic heterocycles. The summed E-state index contributed by atoms with van der Waals surface area (Å²) in [5.41, 5.74) is 4.87. The molecule has 3 aromatic carbocycles. The van der Waals surface area contributed by atoms with Crippen molar-refractivity contribution >= 4 is 46.1 Å². The summed E-state index contributed by atoms with van der Waals surface area (Å²) in [6, 6.07) is 16.7. The Morgan fingerprint density at radius 2 is 1.71 bits per heavy atom. The van der Waals surface area contributed by atoms with E-state index in [9.17, 15) is 9.59 Å².